The first-order valence-corrected chi connectivity index (χ1v) is 13.5. The quantitative estimate of drug-likeness (QED) is 0.102. The average Bonchev–Trinajstić information content (AvgIpc) is 2.95. The monoisotopic (exact) mass is 644 g/mol. The van der Waals surface area contributed by atoms with Gasteiger partial charge in [0.25, 0.3) is 5.91 Å². The second-order valence-corrected chi connectivity index (χ2v) is 10.3. The van der Waals surface area contributed by atoms with E-state index in [1.54, 1.807) is 24.3 Å². The van der Waals surface area contributed by atoms with Gasteiger partial charge in [0.2, 0.25) is 11.3 Å². The van der Waals surface area contributed by atoms with Gasteiger partial charge in [-0.1, -0.05) is 18.2 Å². The van der Waals surface area contributed by atoms with Gasteiger partial charge < -0.3 is 20.5 Å². The Bertz CT molecular complexity index is 1770. The zero-order valence-corrected chi connectivity index (χ0v) is 24.4. The number of amides is 2. The van der Waals surface area contributed by atoms with Gasteiger partial charge in [0.1, 0.15) is 17.2 Å². The number of carbonyl (C=O) groups is 3. The van der Waals surface area contributed by atoms with Crippen LogP contribution >= 0.6 is 0 Å². The number of rotatable bonds is 8. The lowest BCUT2D eigenvalue weighted by atomic mass is 9.72. The van der Waals surface area contributed by atoms with E-state index in [9.17, 15) is 45.8 Å². The fourth-order valence-electron chi connectivity index (χ4n) is 4.79. The number of halogens is 6. The number of phenols is 1. The molecule has 0 aliphatic carbocycles. The molecular weight excluding hydrogens is 618 g/mol. The summed E-state index contributed by atoms with van der Waals surface area (Å²) in [6, 6.07) is 15.4. The highest BCUT2D eigenvalue weighted by Crippen LogP contribution is 2.57. The van der Waals surface area contributed by atoms with Gasteiger partial charge in [-0.15, -0.1) is 0 Å². The third kappa shape index (κ3) is 6.67. The molecule has 0 radical (unpaired) electrons. The van der Waals surface area contributed by atoms with Gasteiger partial charge in [-0.3, -0.25) is 14.4 Å². The van der Waals surface area contributed by atoms with E-state index in [4.69, 9.17) is 4.74 Å². The molecule has 3 N–H and O–H groups in total. The number of hydrogen-bond donors (Lipinski definition) is 3. The van der Waals surface area contributed by atoms with Crippen LogP contribution in [0.3, 0.4) is 0 Å². The standard InChI is InChI=1S/C33H26F6N2O5/c1-18-4-9-23(16-27(18)40-20(3)43)31(32(34,35)36,33(37,38)39)24-10-15-29(44)28(17-24)41-30(45)22-7-13-26(14-8-22)46-25-11-5-21(6-12-25)19(2)42/h4-17,44H,1-3H3,(H,40,43)(H,41,45). The Morgan fingerprint density at radius 2 is 1.13 bits per heavy atom. The predicted octanol–water partition coefficient (Wildman–Crippen LogP) is 8.32. The van der Waals surface area contributed by atoms with E-state index in [1.807, 2.05) is 0 Å². The van der Waals surface area contributed by atoms with Gasteiger partial charge in [-0.2, -0.15) is 26.3 Å². The van der Waals surface area contributed by atoms with Crippen molar-refractivity contribution >= 4 is 29.0 Å². The summed E-state index contributed by atoms with van der Waals surface area (Å²) in [4.78, 5) is 36.0. The Balaban J connectivity index is 1.69. The smallest absolute Gasteiger partial charge is 0.411 e. The molecule has 4 aromatic rings. The second-order valence-electron chi connectivity index (χ2n) is 10.3. The number of alkyl halides is 6. The fourth-order valence-corrected chi connectivity index (χ4v) is 4.79. The van der Waals surface area contributed by atoms with E-state index in [1.165, 1.54) is 38.1 Å². The van der Waals surface area contributed by atoms with Crippen LogP contribution in [0.1, 0.15) is 51.3 Å². The highest BCUT2D eigenvalue weighted by Gasteiger charge is 2.72. The molecule has 13 heteroatoms. The molecule has 0 aliphatic heterocycles. The maximum atomic E-state index is 14.8. The summed E-state index contributed by atoms with van der Waals surface area (Å²) < 4.78 is 94.2. The first kappa shape index (κ1) is 33.6. The van der Waals surface area contributed by atoms with E-state index >= 15 is 0 Å². The van der Waals surface area contributed by atoms with E-state index in [0.29, 0.717) is 41.6 Å². The summed E-state index contributed by atoms with van der Waals surface area (Å²) in [6.07, 6.45) is -11.9. The van der Waals surface area contributed by atoms with Crippen molar-refractivity contribution in [2.45, 2.75) is 38.5 Å². The van der Waals surface area contributed by atoms with Gasteiger partial charge in [-0.25, -0.2) is 0 Å². The number of ether oxygens (including phenoxy) is 1. The number of aryl methyl sites for hydroxylation is 1. The Kier molecular flexibility index (Phi) is 9.18. The maximum Gasteiger partial charge on any atom is 0.411 e. The van der Waals surface area contributed by atoms with Crippen molar-refractivity contribution in [1.82, 2.24) is 0 Å². The molecule has 0 heterocycles. The lowest BCUT2D eigenvalue weighted by Gasteiger charge is -2.38. The Morgan fingerprint density at radius 1 is 0.652 bits per heavy atom. The van der Waals surface area contributed by atoms with Crippen LogP contribution in [-0.2, 0) is 10.2 Å². The highest BCUT2D eigenvalue weighted by molar-refractivity contribution is 6.05. The summed E-state index contributed by atoms with van der Waals surface area (Å²) in [5.74, 6) is -1.90. The van der Waals surface area contributed by atoms with E-state index in [0.717, 1.165) is 13.0 Å². The Hall–Kier alpha value is -5.33. The predicted molar refractivity (Wildman–Crippen MR) is 157 cm³/mol. The van der Waals surface area contributed by atoms with Gasteiger partial charge >= 0.3 is 12.4 Å². The number of nitrogens with one attached hydrogen (secondary N) is 2. The van der Waals surface area contributed by atoms with Gasteiger partial charge in [-0.05, 0) is 97.3 Å². The minimum absolute atomic E-state index is 0.0551. The summed E-state index contributed by atoms with van der Waals surface area (Å²) >= 11 is 0. The normalized spacial score (nSPS) is 11.9. The fraction of sp³-hybridized carbons (Fsp3) is 0.182. The van der Waals surface area contributed by atoms with E-state index < -0.39 is 52.1 Å². The summed E-state index contributed by atoms with van der Waals surface area (Å²) in [5, 5.41) is 14.8. The van der Waals surface area contributed by atoms with Crippen LogP contribution < -0.4 is 15.4 Å². The van der Waals surface area contributed by atoms with Crippen molar-refractivity contribution in [3.8, 4) is 17.2 Å². The van der Waals surface area contributed by atoms with Gasteiger partial charge in [0.15, 0.2) is 5.78 Å². The number of anilines is 2. The first-order valence-electron chi connectivity index (χ1n) is 13.5. The number of hydrogen-bond acceptors (Lipinski definition) is 5. The lowest BCUT2D eigenvalue weighted by molar-refractivity contribution is -0.288. The second kappa shape index (κ2) is 12.6. The van der Waals surface area contributed by atoms with Crippen LogP contribution in [0.15, 0.2) is 84.9 Å². The summed E-state index contributed by atoms with van der Waals surface area (Å²) in [7, 11) is 0. The zero-order chi connectivity index (χ0) is 34.0. The summed E-state index contributed by atoms with van der Waals surface area (Å²) in [6.45, 7) is 3.86. The molecule has 7 nitrogen and oxygen atoms in total. The molecule has 0 unspecified atom stereocenters. The molecule has 0 saturated heterocycles. The van der Waals surface area contributed by atoms with Crippen molar-refractivity contribution in [3.63, 3.8) is 0 Å². The summed E-state index contributed by atoms with van der Waals surface area (Å²) in [5.41, 5.74) is -7.51. The molecule has 2 amide bonds. The van der Waals surface area contributed by atoms with Crippen molar-refractivity contribution < 1.29 is 50.6 Å². The molecule has 4 aromatic carbocycles. The average molecular weight is 645 g/mol. The number of benzene rings is 4. The molecular formula is C33H26F6N2O5. The largest absolute Gasteiger partial charge is 0.506 e. The molecule has 46 heavy (non-hydrogen) atoms. The number of ketones is 1. The molecule has 0 atom stereocenters. The Morgan fingerprint density at radius 3 is 1.61 bits per heavy atom. The molecule has 0 aromatic heterocycles. The molecule has 0 fully saturated rings. The van der Waals surface area contributed by atoms with Crippen LogP contribution in [0, 0.1) is 6.92 Å². The van der Waals surface area contributed by atoms with Crippen LogP contribution in [-0.4, -0.2) is 35.1 Å². The molecule has 0 aliphatic rings. The highest BCUT2D eigenvalue weighted by atomic mass is 19.4. The minimum atomic E-state index is -5.96. The van der Waals surface area contributed by atoms with Crippen LogP contribution in [0.4, 0.5) is 37.7 Å². The number of Topliss-reactive ketones (excluding diaryl/α,β-unsaturated/α-hetero) is 1. The third-order valence-electron chi connectivity index (χ3n) is 7.12. The number of carbonyl (C=O) groups excluding carboxylic acids is 3. The van der Waals surface area contributed by atoms with Crippen molar-refractivity contribution in [2.24, 2.45) is 0 Å². The zero-order valence-electron chi connectivity index (χ0n) is 24.4. The van der Waals surface area contributed by atoms with E-state index in [-0.39, 0.29) is 28.3 Å². The van der Waals surface area contributed by atoms with Crippen molar-refractivity contribution in [1.29, 1.82) is 0 Å². The Labute approximate surface area is 258 Å². The number of phenolic OH excluding ortho intramolecular Hbond substituents is 1. The van der Waals surface area contributed by atoms with Gasteiger partial charge in [0, 0.05) is 23.7 Å². The topological polar surface area (TPSA) is 105 Å². The SMILES string of the molecule is CC(=O)Nc1cc(C(c2ccc(O)c(NC(=O)c3ccc(Oc4ccc(C(C)=O)cc4)cc3)c2)(C(F)(F)F)C(F)(F)F)ccc1C. The van der Waals surface area contributed by atoms with Gasteiger partial charge in [0.05, 0.1) is 5.69 Å². The van der Waals surface area contributed by atoms with Crippen molar-refractivity contribution in [2.75, 3.05) is 10.6 Å². The molecule has 240 valence electrons. The number of aromatic hydroxyl groups is 1. The lowest BCUT2D eigenvalue weighted by Crippen LogP contribution is -2.54. The van der Waals surface area contributed by atoms with Crippen LogP contribution in [0.2, 0.25) is 0 Å². The third-order valence-corrected chi connectivity index (χ3v) is 7.12. The van der Waals surface area contributed by atoms with Crippen LogP contribution in [0.25, 0.3) is 0 Å². The minimum Gasteiger partial charge on any atom is -0.506 e. The van der Waals surface area contributed by atoms with Crippen molar-refractivity contribution in [3.05, 3.63) is 113 Å². The van der Waals surface area contributed by atoms with E-state index in [2.05, 4.69) is 10.6 Å². The molecule has 0 bridgehead atoms. The van der Waals surface area contributed by atoms with Crippen LogP contribution in [0.5, 0.6) is 17.2 Å². The molecule has 4 rings (SSSR count). The maximum absolute atomic E-state index is 14.8. The molecule has 0 spiro atoms. The first-order chi connectivity index (χ1) is 21.4. The molecule has 0 saturated carbocycles.